The normalized spacial score (nSPS) is 11.1. The minimum atomic E-state index is -2.56. The van der Waals surface area contributed by atoms with Gasteiger partial charge in [0.15, 0.2) is 11.0 Å². The lowest BCUT2D eigenvalue weighted by molar-refractivity contribution is -0.133. The molecule has 0 amide bonds. The van der Waals surface area contributed by atoms with E-state index in [0.29, 0.717) is 5.82 Å². The molecule has 0 bridgehead atoms. The van der Waals surface area contributed by atoms with Crippen molar-refractivity contribution in [3.05, 3.63) is 17.5 Å². The highest BCUT2D eigenvalue weighted by Gasteiger charge is 2.18. The topological polar surface area (TPSA) is 68.0 Å². The summed E-state index contributed by atoms with van der Waals surface area (Å²) in [5.41, 5.74) is 0. The van der Waals surface area contributed by atoms with Crippen LogP contribution in [0, 0.1) is 0 Å². The number of hydrogen-bond acceptors (Lipinski definition) is 5. The standard InChI is InChI=1S/C10H9F2N3O2S2/c11-7(12)4-15-9(6-2-1-3-18-6)13-14-10(15)19-5-8(16)17/h1-3,7H,4-5H2,(H,16,17). The van der Waals surface area contributed by atoms with Crippen molar-refractivity contribution in [3.8, 4) is 10.7 Å². The molecule has 102 valence electrons. The minimum absolute atomic E-state index is 0.186. The van der Waals surface area contributed by atoms with Crippen molar-refractivity contribution in [1.82, 2.24) is 14.8 Å². The van der Waals surface area contributed by atoms with Crippen LogP contribution in [0.15, 0.2) is 22.7 Å². The van der Waals surface area contributed by atoms with Gasteiger partial charge in [-0.25, -0.2) is 8.78 Å². The lowest BCUT2D eigenvalue weighted by atomic mass is 10.4. The van der Waals surface area contributed by atoms with E-state index in [1.807, 2.05) is 0 Å². The monoisotopic (exact) mass is 305 g/mol. The van der Waals surface area contributed by atoms with Crippen LogP contribution in [0.25, 0.3) is 10.7 Å². The number of alkyl halides is 2. The van der Waals surface area contributed by atoms with Crippen molar-refractivity contribution < 1.29 is 18.7 Å². The molecule has 0 aliphatic carbocycles. The number of carbonyl (C=O) groups is 1. The average Bonchev–Trinajstić information content (AvgIpc) is 2.94. The van der Waals surface area contributed by atoms with Gasteiger partial charge in [-0.2, -0.15) is 0 Å². The Morgan fingerprint density at radius 3 is 2.89 bits per heavy atom. The molecule has 19 heavy (non-hydrogen) atoms. The number of carboxylic acids is 1. The SMILES string of the molecule is O=C(O)CSc1nnc(-c2cccs2)n1CC(F)F. The predicted molar refractivity (Wildman–Crippen MR) is 67.7 cm³/mol. The second-order valence-electron chi connectivity index (χ2n) is 3.47. The van der Waals surface area contributed by atoms with Gasteiger partial charge in [0, 0.05) is 0 Å². The molecule has 5 nitrogen and oxygen atoms in total. The molecule has 0 saturated carbocycles. The third kappa shape index (κ3) is 3.51. The van der Waals surface area contributed by atoms with Crippen LogP contribution in [0.5, 0.6) is 0 Å². The Hall–Kier alpha value is -1.48. The maximum absolute atomic E-state index is 12.6. The van der Waals surface area contributed by atoms with Gasteiger partial charge in [-0.3, -0.25) is 9.36 Å². The summed E-state index contributed by atoms with van der Waals surface area (Å²) in [7, 11) is 0. The number of hydrogen-bond donors (Lipinski definition) is 1. The summed E-state index contributed by atoms with van der Waals surface area (Å²) in [6, 6.07) is 3.54. The fraction of sp³-hybridized carbons (Fsp3) is 0.300. The van der Waals surface area contributed by atoms with E-state index < -0.39 is 18.9 Å². The van der Waals surface area contributed by atoms with Gasteiger partial charge in [-0.15, -0.1) is 21.5 Å². The minimum Gasteiger partial charge on any atom is -0.481 e. The molecule has 0 aromatic carbocycles. The summed E-state index contributed by atoms with van der Waals surface area (Å²) in [6.45, 7) is -0.553. The molecule has 0 aliphatic rings. The maximum atomic E-state index is 12.6. The van der Waals surface area contributed by atoms with Crippen LogP contribution < -0.4 is 0 Å². The molecule has 0 atom stereocenters. The van der Waals surface area contributed by atoms with Crippen LogP contribution >= 0.6 is 23.1 Å². The van der Waals surface area contributed by atoms with E-state index in [1.54, 1.807) is 17.5 Å². The van der Waals surface area contributed by atoms with Crippen LogP contribution in [0.2, 0.25) is 0 Å². The van der Waals surface area contributed by atoms with E-state index in [2.05, 4.69) is 10.2 Å². The van der Waals surface area contributed by atoms with Gasteiger partial charge in [-0.05, 0) is 11.4 Å². The van der Waals surface area contributed by atoms with Crippen LogP contribution in [-0.4, -0.2) is 38.0 Å². The van der Waals surface area contributed by atoms with Crippen LogP contribution in [0.3, 0.4) is 0 Å². The Balaban J connectivity index is 2.30. The lowest BCUT2D eigenvalue weighted by Gasteiger charge is -2.07. The van der Waals surface area contributed by atoms with Gasteiger partial charge in [-0.1, -0.05) is 17.8 Å². The molecule has 0 spiro atoms. The zero-order chi connectivity index (χ0) is 13.8. The second-order valence-corrected chi connectivity index (χ2v) is 5.36. The van der Waals surface area contributed by atoms with Gasteiger partial charge in [0.25, 0.3) is 6.43 Å². The van der Waals surface area contributed by atoms with Crippen molar-refractivity contribution in [2.24, 2.45) is 0 Å². The van der Waals surface area contributed by atoms with E-state index in [-0.39, 0.29) is 10.9 Å². The highest BCUT2D eigenvalue weighted by Crippen LogP contribution is 2.27. The van der Waals surface area contributed by atoms with Crippen LogP contribution in [0.4, 0.5) is 8.78 Å². The Morgan fingerprint density at radius 2 is 2.32 bits per heavy atom. The molecular formula is C10H9F2N3O2S2. The molecule has 2 heterocycles. The molecule has 0 fully saturated rings. The number of thioether (sulfide) groups is 1. The van der Waals surface area contributed by atoms with E-state index >= 15 is 0 Å². The highest BCUT2D eigenvalue weighted by molar-refractivity contribution is 7.99. The number of nitrogens with zero attached hydrogens (tertiary/aromatic N) is 3. The molecule has 2 aromatic rings. The number of carboxylic acid groups (broad SMARTS) is 1. The first kappa shape index (κ1) is 13.9. The summed E-state index contributed by atoms with van der Waals surface area (Å²) >= 11 is 2.24. The molecule has 0 radical (unpaired) electrons. The smallest absolute Gasteiger partial charge is 0.313 e. The van der Waals surface area contributed by atoms with Crippen molar-refractivity contribution in [2.75, 3.05) is 5.75 Å². The van der Waals surface area contributed by atoms with Crippen LogP contribution in [-0.2, 0) is 11.3 Å². The largest absolute Gasteiger partial charge is 0.481 e. The number of aromatic nitrogens is 3. The Bertz CT molecular complexity index is 557. The third-order valence-corrected chi connectivity index (χ3v) is 3.92. The Kier molecular flexibility index (Phi) is 4.48. The number of thiophene rings is 1. The van der Waals surface area contributed by atoms with Crippen molar-refractivity contribution in [1.29, 1.82) is 0 Å². The van der Waals surface area contributed by atoms with Crippen molar-refractivity contribution >= 4 is 29.1 Å². The second kappa shape index (κ2) is 6.11. The van der Waals surface area contributed by atoms with Crippen LogP contribution in [0.1, 0.15) is 0 Å². The summed E-state index contributed by atoms with van der Waals surface area (Å²) in [5.74, 6) is -0.941. The van der Waals surface area contributed by atoms with Gasteiger partial charge in [0.1, 0.15) is 0 Å². The summed E-state index contributed by atoms with van der Waals surface area (Å²) in [6.07, 6.45) is -2.56. The molecule has 2 aromatic heterocycles. The van der Waals surface area contributed by atoms with E-state index in [1.165, 1.54) is 15.9 Å². The summed E-state index contributed by atoms with van der Waals surface area (Å²) < 4.78 is 26.5. The van der Waals surface area contributed by atoms with Gasteiger partial charge >= 0.3 is 5.97 Å². The van der Waals surface area contributed by atoms with Crippen molar-refractivity contribution in [3.63, 3.8) is 0 Å². The molecule has 1 N–H and O–H groups in total. The van der Waals surface area contributed by atoms with Gasteiger partial charge < -0.3 is 5.11 Å². The predicted octanol–water partition coefficient (Wildman–Crippen LogP) is 2.45. The molecule has 0 saturated heterocycles. The first-order chi connectivity index (χ1) is 9.08. The zero-order valence-corrected chi connectivity index (χ0v) is 11.1. The summed E-state index contributed by atoms with van der Waals surface area (Å²) in [4.78, 5) is 11.2. The summed E-state index contributed by atoms with van der Waals surface area (Å²) in [5, 5.41) is 18.3. The molecule has 0 unspecified atom stereocenters. The number of aliphatic carboxylic acids is 1. The first-order valence-corrected chi connectivity index (χ1v) is 7.04. The maximum Gasteiger partial charge on any atom is 0.313 e. The average molecular weight is 305 g/mol. The first-order valence-electron chi connectivity index (χ1n) is 5.17. The third-order valence-electron chi connectivity index (χ3n) is 2.10. The van der Waals surface area contributed by atoms with E-state index in [0.717, 1.165) is 16.6 Å². The molecule has 2 rings (SSSR count). The highest BCUT2D eigenvalue weighted by atomic mass is 32.2. The molecular weight excluding hydrogens is 296 g/mol. The Labute approximate surface area is 115 Å². The fourth-order valence-corrected chi connectivity index (χ4v) is 2.80. The Morgan fingerprint density at radius 1 is 1.53 bits per heavy atom. The fourth-order valence-electron chi connectivity index (χ4n) is 1.41. The lowest BCUT2D eigenvalue weighted by Crippen LogP contribution is -2.10. The van der Waals surface area contributed by atoms with E-state index in [9.17, 15) is 13.6 Å². The molecule has 0 aliphatic heterocycles. The van der Waals surface area contributed by atoms with E-state index in [4.69, 9.17) is 5.11 Å². The quantitative estimate of drug-likeness (QED) is 0.830. The zero-order valence-electron chi connectivity index (χ0n) is 9.49. The van der Waals surface area contributed by atoms with Gasteiger partial charge in [0.2, 0.25) is 0 Å². The molecule has 9 heteroatoms. The van der Waals surface area contributed by atoms with Gasteiger partial charge in [0.05, 0.1) is 17.2 Å². The number of rotatable bonds is 6. The van der Waals surface area contributed by atoms with Crippen molar-refractivity contribution in [2.45, 2.75) is 18.1 Å². The number of halogens is 2.